The largest absolute Gasteiger partial charge is 0.484 e. The normalized spacial score (nSPS) is 20.9. The first-order valence-electron chi connectivity index (χ1n) is 10.5. The summed E-state index contributed by atoms with van der Waals surface area (Å²) in [5.41, 5.74) is 6.10. The summed E-state index contributed by atoms with van der Waals surface area (Å²) in [6.45, 7) is 10.7. The van der Waals surface area contributed by atoms with Crippen LogP contribution >= 0.6 is 0 Å². The van der Waals surface area contributed by atoms with E-state index in [1.165, 1.54) is 11.1 Å². The number of allylic oxidation sites excluding steroid dienone is 2. The third-order valence-electron chi connectivity index (χ3n) is 6.62. The molecule has 1 fully saturated rings. The number of rotatable bonds is 3. The topological polar surface area (TPSA) is 58.2 Å². The Bertz CT molecular complexity index is 1060. The Kier molecular flexibility index (Phi) is 4.16. The summed E-state index contributed by atoms with van der Waals surface area (Å²) in [7, 11) is 0. The fourth-order valence-electron chi connectivity index (χ4n) is 5.18. The molecular weight excluding hydrogens is 362 g/mol. The summed E-state index contributed by atoms with van der Waals surface area (Å²) >= 11 is 0. The number of ether oxygens (including phenoxy) is 1. The van der Waals surface area contributed by atoms with Gasteiger partial charge in [0.2, 0.25) is 5.91 Å². The van der Waals surface area contributed by atoms with Crippen molar-refractivity contribution in [3.8, 4) is 5.75 Å². The van der Waals surface area contributed by atoms with E-state index in [1.54, 1.807) is 0 Å². The van der Waals surface area contributed by atoms with E-state index in [0.717, 1.165) is 78.9 Å². The Balaban J connectivity index is 1.62. The molecule has 1 spiro atoms. The molecule has 150 valence electrons. The van der Waals surface area contributed by atoms with Gasteiger partial charge < -0.3 is 14.6 Å². The number of aromatic amines is 1. The fraction of sp³-hybridized carbons (Fsp3) is 0.417. The van der Waals surface area contributed by atoms with E-state index >= 15 is 0 Å². The van der Waals surface area contributed by atoms with Gasteiger partial charge in [0, 0.05) is 31.4 Å². The summed E-state index contributed by atoms with van der Waals surface area (Å²) in [5, 5.41) is 0. The summed E-state index contributed by atoms with van der Waals surface area (Å²) in [4.78, 5) is 22.7. The molecule has 5 heteroatoms. The van der Waals surface area contributed by atoms with Gasteiger partial charge in [0.15, 0.2) is 5.75 Å². The Hall–Kier alpha value is -2.82. The maximum Gasteiger partial charge on any atom is 0.226 e. The molecule has 1 aromatic heterocycles. The Morgan fingerprint density at radius 3 is 2.66 bits per heavy atom. The van der Waals surface area contributed by atoms with Crippen molar-refractivity contribution >= 4 is 22.6 Å². The number of amides is 1. The molecule has 0 unspecified atom stereocenters. The number of aryl methyl sites for hydroxylation is 1. The molecule has 1 amide bonds. The third-order valence-corrected chi connectivity index (χ3v) is 6.62. The lowest BCUT2D eigenvalue weighted by Gasteiger charge is -2.38. The van der Waals surface area contributed by atoms with E-state index in [1.807, 2.05) is 24.0 Å². The Morgan fingerprint density at radius 2 is 1.97 bits per heavy atom. The summed E-state index contributed by atoms with van der Waals surface area (Å²) in [6, 6.07) is 2.09. The minimum Gasteiger partial charge on any atom is -0.484 e. The molecule has 1 N–H and O–H groups in total. The van der Waals surface area contributed by atoms with Crippen LogP contribution in [-0.4, -0.2) is 28.0 Å². The maximum atomic E-state index is 12.7. The molecule has 0 saturated carbocycles. The van der Waals surface area contributed by atoms with Crippen LogP contribution in [0.15, 0.2) is 42.5 Å². The van der Waals surface area contributed by atoms with Gasteiger partial charge in [-0.05, 0) is 49.8 Å². The number of piperidine rings is 1. The lowest BCUT2D eigenvalue weighted by Crippen LogP contribution is -2.40. The average Bonchev–Trinajstić information content (AvgIpc) is 3.27. The van der Waals surface area contributed by atoms with Crippen molar-refractivity contribution in [2.75, 3.05) is 11.4 Å². The lowest BCUT2D eigenvalue weighted by molar-refractivity contribution is -0.119. The fourth-order valence-corrected chi connectivity index (χ4v) is 5.18. The van der Waals surface area contributed by atoms with Crippen LogP contribution in [0.2, 0.25) is 0 Å². The Labute approximate surface area is 171 Å². The van der Waals surface area contributed by atoms with Gasteiger partial charge in [-0.25, -0.2) is 4.98 Å². The number of benzene rings is 1. The highest BCUT2D eigenvalue weighted by molar-refractivity contribution is 5.99. The van der Waals surface area contributed by atoms with Gasteiger partial charge in [0.1, 0.15) is 16.9 Å². The van der Waals surface area contributed by atoms with Gasteiger partial charge in [0.05, 0.1) is 11.2 Å². The predicted molar refractivity (Wildman–Crippen MR) is 115 cm³/mol. The first-order chi connectivity index (χ1) is 14.0. The molecule has 1 saturated heterocycles. The first-order valence-corrected chi connectivity index (χ1v) is 10.5. The quantitative estimate of drug-likeness (QED) is 0.811. The number of hydrogen-bond donors (Lipinski definition) is 1. The van der Waals surface area contributed by atoms with E-state index in [9.17, 15) is 4.79 Å². The second-order valence-electron chi connectivity index (χ2n) is 8.52. The molecule has 2 aliphatic heterocycles. The molecule has 5 rings (SSSR count). The molecule has 0 radical (unpaired) electrons. The zero-order valence-electron chi connectivity index (χ0n) is 17.0. The van der Waals surface area contributed by atoms with Crippen LogP contribution in [0.25, 0.3) is 11.0 Å². The number of carbonyl (C=O) groups excluding carboxylic acids is 1. The van der Waals surface area contributed by atoms with E-state index in [2.05, 4.69) is 24.2 Å². The highest BCUT2D eigenvalue weighted by atomic mass is 16.5. The highest BCUT2D eigenvalue weighted by Gasteiger charge is 2.43. The molecule has 0 bridgehead atoms. The van der Waals surface area contributed by atoms with Crippen molar-refractivity contribution in [1.29, 1.82) is 0 Å². The van der Waals surface area contributed by atoms with E-state index in [0.29, 0.717) is 6.42 Å². The second-order valence-corrected chi connectivity index (χ2v) is 8.52. The third kappa shape index (κ3) is 2.83. The number of aromatic nitrogens is 2. The number of carbonyl (C=O) groups is 1. The van der Waals surface area contributed by atoms with Crippen LogP contribution in [0.5, 0.6) is 5.75 Å². The first kappa shape index (κ1) is 18.2. The van der Waals surface area contributed by atoms with Crippen LogP contribution < -0.4 is 9.64 Å². The standard InChI is InChI=1S/C24H27N3O2/c1-4-16-13-24(14-17(16)5-2)10-9-18-20(27-11-7-6-8-21(27)28)12-19-22(23(18)29-24)26-15(3)25-19/h4-5,12H,1-2,6-11,13-14H2,3H3,(H,25,26). The molecule has 3 heterocycles. The molecule has 5 nitrogen and oxygen atoms in total. The minimum atomic E-state index is -0.273. The Morgan fingerprint density at radius 1 is 1.21 bits per heavy atom. The van der Waals surface area contributed by atoms with Gasteiger partial charge in [-0.1, -0.05) is 25.3 Å². The van der Waals surface area contributed by atoms with E-state index in [4.69, 9.17) is 9.72 Å². The summed E-state index contributed by atoms with van der Waals surface area (Å²) in [5.74, 6) is 1.91. The number of nitrogens with zero attached hydrogens (tertiary/aromatic N) is 2. The number of imidazole rings is 1. The number of fused-ring (bicyclic) bond motifs is 3. The van der Waals surface area contributed by atoms with Crippen LogP contribution in [0.1, 0.15) is 49.9 Å². The number of hydrogen-bond acceptors (Lipinski definition) is 3. The van der Waals surface area contributed by atoms with Gasteiger partial charge in [-0.3, -0.25) is 4.79 Å². The van der Waals surface area contributed by atoms with Gasteiger partial charge in [-0.15, -0.1) is 0 Å². The molecule has 2 aromatic rings. The number of H-pyrrole nitrogens is 1. The summed E-state index contributed by atoms with van der Waals surface area (Å²) in [6.07, 6.45) is 9.98. The molecule has 3 aliphatic rings. The van der Waals surface area contributed by atoms with Crippen molar-refractivity contribution in [3.05, 3.63) is 53.9 Å². The van der Waals surface area contributed by atoms with Crippen molar-refractivity contribution < 1.29 is 9.53 Å². The monoisotopic (exact) mass is 389 g/mol. The van der Waals surface area contributed by atoms with Crippen LogP contribution in [0.4, 0.5) is 5.69 Å². The van der Waals surface area contributed by atoms with Crippen LogP contribution in [0.3, 0.4) is 0 Å². The van der Waals surface area contributed by atoms with Crippen molar-refractivity contribution in [2.45, 2.75) is 57.5 Å². The molecular formula is C24H27N3O2. The van der Waals surface area contributed by atoms with Crippen LogP contribution in [-0.2, 0) is 11.2 Å². The van der Waals surface area contributed by atoms with E-state index < -0.39 is 0 Å². The molecule has 1 aromatic carbocycles. The van der Waals surface area contributed by atoms with Crippen LogP contribution in [0, 0.1) is 6.92 Å². The SMILES string of the molecule is C=CC1=C(C=C)CC2(CCc3c(N4CCCCC4=O)cc4[nH]c(C)nc4c3O2)C1. The van der Waals surface area contributed by atoms with Gasteiger partial charge in [0.25, 0.3) is 0 Å². The number of anilines is 1. The molecule has 0 atom stereocenters. The zero-order valence-corrected chi connectivity index (χ0v) is 17.0. The number of nitrogens with one attached hydrogen (secondary N) is 1. The van der Waals surface area contributed by atoms with Gasteiger partial charge in [-0.2, -0.15) is 0 Å². The van der Waals surface area contributed by atoms with Crippen molar-refractivity contribution in [2.24, 2.45) is 0 Å². The lowest BCUT2D eigenvalue weighted by atomic mass is 9.86. The van der Waals surface area contributed by atoms with Gasteiger partial charge >= 0.3 is 0 Å². The molecule has 29 heavy (non-hydrogen) atoms. The highest BCUT2D eigenvalue weighted by Crippen LogP contribution is 2.50. The predicted octanol–water partition coefficient (Wildman–Crippen LogP) is 4.91. The van der Waals surface area contributed by atoms with Crippen molar-refractivity contribution in [3.63, 3.8) is 0 Å². The molecule has 1 aliphatic carbocycles. The second kappa shape index (κ2) is 6.61. The maximum absolute atomic E-state index is 12.7. The zero-order chi connectivity index (χ0) is 20.2. The summed E-state index contributed by atoms with van der Waals surface area (Å²) < 4.78 is 6.78. The minimum absolute atomic E-state index is 0.208. The van der Waals surface area contributed by atoms with E-state index in [-0.39, 0.29) is 11.5 Å². The van der Waals surface area contributed by atoms with Crippen molar-refractivity contribution in [1.82, 2.24) is 9.97 Å². The average molecular weight is 389 g/mol. The smallest absolute Gasteiger partial charge is 0.226 e.